The molecule has 9 rings (SSSR count). The summed E-state index contributed by atoms with van der Waals surface area (Å²) in [6.45, 7) is 9.41. The molecule has 2 saturated carbocycles. The highest BCUT2D eigenvalue weighted by Crippen LogP contribution is 2.55. The van der Waals surface area contributed by atoms with Crippen LogP contribution < -0.4 is 4.90 Å². The van der Waals surface area contributed by atoms with Crippen LogP contribution in [0.15, 0.2) is 127 Å². The first-order valence-electron chi connectivity index (χ1n) is 18.1. The Morgan fingerprint density at radius 1 is 0.583 bits per heavy atom. The lowest BCUT2D eigenvalue weighted by atomic mass is 9.82. The van der Waals surface area contributed by atoms with E-state index in [1.807, 2.05) is 0 Å². The van der Waals surface area contributed by atoms with Crippen molar-refractivity contribution in [3.8, 4) is 22.3 Å². The molecule has 0 aromatic heterocycles. The maximum atomic E-state index is 2.58. The molecule has 0 heterocycles. The van der Waals surface area contributed by atoms with E-state index in [1.54, 1.807) is 0 Å². The second-order valence-corrected chi connectivity index (χ2v) is 15.6. The Kier molecular flexibility index (Phi) is 6.91. The summed E-state index contributed by atoms with van der Waals surface area (Å²) in [5.41, 5.74) is 14.7. The minimum Gasteiger partial charge on any atom is -0.310 e. The number of benzene rings is 6. The zero-order valence-electron chi connectivity index (χ0n) is 28.7. The fraction of sp³-hybridized carbons (Fsp3) is 0.277. The lowest BCUT2D eigenvalue weighted by molar-refractivity contribution is 0.420. The average Bonchev–Trinajstić information content (AvgIpc) is 3.81. The molecule has 3 atom stereocenters. The molecule has 2 bridgehead atoms. The Morgan fingerprint density at radius 2 is 1.29 bits per heavy atom. The van der Waals surface area contributed by atoms with Crippen LogP contribution >= 0.6 is 0 Å². The molecule has 3 unspecified atom stereocenters. The van der Waals surface area contributed by atoms with Crippen LogP contribution in [0.1, 0.15) is 87.5 Å². The third-order valence-corrected chi connectivity index (χ3v) is 12.1. The smallest absolute Gasteiger partial charge is 0.0546 e. The van der Waals surface area contributed by atoms with Gasteiger partial charge in [0.25, 0.3) is 0 Å². The van der Waals surface area contributed by atoms with Gasteiger partial charge in [-0.1, -0.05) is 125 Å². The highest BCUT2D eigenvalue weighted by atomic mass is 15.1. The van der Waals surface area contributed by atoms with Gasteiger partial charge in [0, 0.05) is 22.4 Å². The van der Waals surface area contributed by atoms with Crippen LogP contribution in [0.25, 0.3) is 33.0 Å². The molecule has 3 aliphatic carbocycles. The van der Waals surface area contributed by atoms with E-state index in [1.165, 1.54) is 98.0 Å². The molecule has 3 aliphatic rings. The zero-order valence-corrected chi connectivity index (χ0v) is 28.7. The fourth-order valence-electron chi connectivity index (χ4n) is 9.68. The average molecular weight is 624 g/mol. The zero-order chi connectivity index (χ0) is 32.6. The Labute approximate surface area is 286 Å². The summed E-state index contributed by atoms with van der Waals surface area (Å²) in [6, 6.07) is 48.6. The monoisotopic (exact) mass is 623 g/mol. The SMILES string of the molecule is CC(C)c1ccccc1-c1cc2ccccc2cc1N(c1cccc(C2CC3CCC2C3)c1)c1ccc2c(c1)C(C)(C)c1ccccc1-2. The lowest BCUT2D eigenvalue weighted by Crippen LogP contribution is -2.17. The quantitative estimate of drug-likeness (QED) is 0.178. The van der Waals surface area contributed by atoms with Gasteiger partial charge in [0.15, 0.2) is 0 Å². The van der Waals surface area contributed by atoms with Crippen LogP contribution in [0.4, 0.5) is 17.1 Å². The first-order valence-corrected chi connectivity index (χ1v) is 18.1. The Bertz CT molecular complexity index is 2180. The van der Waals surface area contributed by atoms with Gasteiger partial charge in [-0.2, -0.15) is 0 Å². The van der Waals surface area contributed by atoms with Crippen molar-refractivity contribution < 1.29 is 0 Å². The number of hydrogen-bond acceptors (Lipinski definition) is 1. The standard InChI is InChI=1S/C47H45N/c1-30(2)38-16-7-8-17-39(38)43-27-32-12-5-6-13-33(32)28-46(43)48(36-15-11-14-34(26-36)42-25-31-20-21-35(42)24-31)37-22-23-41-40-18-9-10-19-44(40)47(3,4)45(41)29-37/h5-19,22-23,26-31,35,42H,20-21,24-25H2,1-4H3. The molecule has 0 radical (unpaired) electrons. The first kappa shape index (κ1) is 29.5. The molecular weight excluding hydrogens is 579 g/mol. The number of nitrogens with zero attached hydrogens (tertiary/aromatic N) is 1. The largest absolute Gasteiger partial charge is 0.310 e. The van der Waals surface area contributed by atoms with E-state index in [9.17, 15) is 0 Å². The summed E-state index contributed by atoms with van der Waals surface area (Å²) >= 11 is 0. The van der Waals surface area contributed by atoms with Gasteiger partial charge in [-0.25, -0.2) is 0 Å². The predicted molar refractivity (Wildman–Crippen MR) is 204 cm³/mol. The van der Waals surface area contributed by atoms with E-state index in [2.05, 4.69) is 160 Å². The molecule has 0 aliphatic heterocycles. The van der Waals surface area contributed by atoms with E-state index < -0.39 is 0 Å². The molecule has 0 saturated heterocycles. The highest BCUT2D eigenvalue weighted by molar-refractivity contribution is 5.99. The molecule has 1 heteroatoms. The summed E-state index contributed by atoms with van der Waals surface area (Å²) in [5.74, 6) is 2.85. The fourth-order valence-corrected chi connectivity index (χ4v) is 9.68. The van der Waals surface area contributed by atoms with Crippen LogP contribution in [-0.2, 0) is 5.41 Å². The van der Waals surface area contributed by atoms with Crippen LogP contribution in [0.3, 0.4) is 0 Å². The maximum Gasteiger partial charge on any atom is 0.0546 e. The van der Waals surface area contributed by atoms with Gasteiger partial charge in [-0.05, 0) is 129 Å². The number of anilines is 3. The van der Waals surface area contributed by atoms with Crippen molar-refractivity contribution >= 4 is 27.8 Å². The molecule has 0 amide bonds. The Hall–Kier alpha value is -4.62. The minimum atomic E-state index is -0.0744. The van der Waals surface area contributed by atoms with E-state index in [0.717, 1.165) is 11.8 Å². The molecule has 6 aromatic rings. The third kappa shape index (κ3) is 4.66. The summed E-state index contributed by atoms with van der Waals surface area (Å²) < 4.78 is 0. The molecule has 6 aromatic carbocycles. The molecular formula is C47H45N. The second kappa shape index (κ2) is 11.2. The summed E-state index contributed by atoms with van der Waals surface area (Å²) in [6.07, 6.45) is 5.59. The Balaban J connectivity index is 1.30. The van der Waals surface area contributed by atoms with E-state index in [4.69, 9.17) is 0 Å². The first-order chi connectivity index (χ1) is 23.4. The van der Waals surface area contributed by atoms with Crippen molar-refractivity contribution in [2.45, 2.75) is 70.6 Å². The van der Waals surface area contributed by atoms with Crippen molar-refractivity contribution in [2.75, 3.05) is 4.90 Å². The van der Waals surface area contributed by atoms with Crippen molar-refractivity contribution in [3.63, 3.8) is 0 Å². The van der Waals surface area contributed by atoms with E-state index >= 15 is 0 Å². The molecule has 0 spiro atoms. The van der Waals surface area contributed by atoms with E-state index in [0.29, 0.717) is 11.8 Å². The van der Waals surface area contributed by atoms with Crippen molar-refractivity contribution in [2.24, 2.45) is 11.8 Å². The van der Waals surface area contributed by atoms with Gasteiger partial charge >= 0.3 is 0 Å². The van der Waals surface area contributed by atoms with Gasteiger partial charge in [0.2, 0.25) is 0 Å². The number of fused-ring (bicyclic) bond motifs is 6. The molecule has 2 fully saturated rings. The number of hydrogen-bond donors (Lipinski definition) is 0. The number of rotatable bonds is 6. The van der Waals surface area contributed by atoms with Gasteiger partial charge in [-0.3, -0.25) is 0 Å². The normalized spacial score (nSPS) is 20.3. The summed E-state index contributed by atoms with van der Waals surface area (Å²) in [4.78, 5) is 2.58. The van der Waals surface area contributed by atoms with Gasteiger partial charge < -0.3 is 4.90 Å². The van der Waals surface area contributed by atoms with E-state index in [-0.39, 0.29) is 5.41 Å². The second-order valence-electron chi connectivity index (χ2n) is 15.6. The lowest BCUT2D eigenvalue weighted by Gasteiger charge is -2.32. The molecule has 238 valence electrons. The maximum absolute atomic E-state index is 2.58. The van der Waals surface area contributed by atoms with Crippen molar-refractivity contribution in [3.05, 3.63) is 150 Å². The van der Waals surface area contributed by atoms with Crippen LogP contribution in [0, 0.1) is 11.8 Å². The molecule has 1 nitrogen and oxygen atoms in total. The van der Waals surface area contributed by atoms with Crippen LogP contribution in [0.2, 0.25) is 0 Å². The molecule has 48 heavy (non-hydrogen) atoms. The topological polar surface area (TPSA) is 3.24 Å². The van der Waals surface area contributed by atoms with Crippen molar-refractivity contribution in [1.29, 1.82) is 0 Å². The summed E-state index contributed by atoms with van der Waals surface area (Å²) in [5, 5.41) is 2.54. The van der Waals surface area contributed by atoms with Crippen molar-refractivity contribution in [1.82, 2.24) is 0 Å². The molecule has 0 N–H and O–H groups in total. The summed E-state index contributed by atoms with van der Waals surface area (Å²) in [7, 11) is 0. The van der Waals surface area contributed by atoms with Gasteiger partial charge in [0.1, 0.15) is 0 Å². The highest BCUT2D eigenvalue weighted by Gasteiger charge is 2.40. The van der Waals surface area contributed by atoms with Gasteiger partial charge in [-0.15, -0.1) is 0 Å². The predicted octanol–water partition coefficient (Wildman–Crippen LogP) is 13.3. The minimum absolute atomic E-state index is 0.0744. The van der Waals surface area contributed by atoms with Crippen LogP contribution in [0.5, 0.6) is 0 Å². The van der Waals surface area contributed by atoms with Crippen LogP contribution in [-0.4, -0.2) is 0 Å². The Morgan fingerprint density at radius 3 is 2.06 bits per heavy atom. The third-order valence-electron chi connectivity index (χ3n) is 12.1. The van der Waals surface area contributed by atoms with Gasteiger partial charge in [0.05, 0.1) is 5.69 Å².